The molecule has 0 aromatic carbocycles. The van der Waals surface area contributed by atoms with Crippen LogP contribution >= 0.6 is 0 Å². The SMILES string of the molecule is Cn1ncc(-c2ccc(C3(N)CC3)nc2)c1C1CC1. The van der Waals surface area contributed by atoms with E-state index < -0.39 is 0 Å². The number of nitrogens with zero attached hydrogens (tertiary/aromatic N) is 3. The highest BCUT2D eigenvalue weighted by Crippen LogP contribution is 2.45. The zero-order valence-electron chi connectivity index (χ0n) is 11.1. The zero-order chi connectivity index (χ0) is 13.0. The zero-order valence-corrected chi connectivity index (χ0v) is 11.1. The average molecular weight is 254 g/mol. The second kappa shape index (κ2) is 3.67. The molecule has 19 heavy (non-hydrogen) atoms. The van der Waals surface area contributed by atoms with Crippen LogP contribution in [-0.2, 0) is 12.6 Å². The van der Waals surface area contributed by atoms with E-state index in [9.17, 15) is 0 Å². The van der Waals surface area contributed by atoms with Gasteiger partial charge in [-0.05, 0) is 31.7 Å². The van der Waals surface area contributed by atoms with E-state index >= 15 is 0 Å². The Bertz CT molecular complexity index is 618. The van der Waals surface area contributed by atoms with Crippen molar-refractivity contribution in [3.63, 3.8) is 0 Å². The molecule has 2 heterocycles. The van der Waals surface area contributed by atoms with Gasteiger partial charge in [0.1, 0.15) is 0 Å². The molecular formula is C15H18N4. The van der Waals surface area contributed by atoms with Crippen molar-refractivity contribution >= 4 is 0 Å². The van der Waals surface area contributed by atoms with Gasteiger partial charge in [0.25, 0.3) is 0 Å². The Morgan fingerprint density at radius 3 is 2.63 bits per heavy atom. The van der Waals surface area contributed by atoms with Gasteiger partial charge in [-0.25, -0.2) is 0 Å². The molecule has 4 nitrogen and oxygen atoms in total. The summed E-state index contributed by atoms with van der Waals surface area (Å²) in [5.41, 5.74) is 10.8. The molecule has 0 bridgehead atoms. The van der Waals surface area contributed by atoms with E-state index in [0.717, 1.165) is 24.1 Å². The molecule has 2 aromatic rings. The Morgan fingerprint density at radius 1 is 1.26 bits per heavy atom. The van der Waals surface area contributed by atoms with E-state index in [1.807, 2.05) is 24.1 Å². The fourth-order valence-corrected chi connectivity index (χ4v) is 2.75. The van der Waals surface area contributed by atoms with E-state index in [1.54, 1.807) is 0 Å². The van der Waals surface area contributed by atoms with Gasteiger partial charge in [0.05, 0.1) is 17.4 Å². The first-order valence-electron chi connectivity index (χ1n) is 6.95. The number of rotatable bonds is 3. The van der Waals surface area contributed by atoms with E-state index in [1.165, 1.54) is 24.1 Å². The van der Waals surface area contributed by atoms with Crippen LogP contribution in [0.4, 0.5) is 0 Å². The van der Waals surface area contributed by atoms with Crippen molar-refractivity contribution < 1.29 is 0 Å². The summed E-state index contributed by atoms with van der Waals surface area (Å²) in [5, 5.41) is 4.40. The van der Waals surface area contributed by atoms with Crippen LogP contribution in [0.5, 0.6) is 0 Å². The Labute approximate surface area is 112 Å². The fraction of sp³-hybridized carbons (Fsp3) is 0.467. The third-order valence-electron chi connectivity index (χ3n) is 4.32. The lowest BCUT2D eigenvalue weighted by molar-refractivity contribution is 0.707. The lowest BCUT2D eigenvalue weighted by Crippen LogP contribution is -2.19. The van der Waals surface area contributed by atoms with Crippen LogP contribution in [-0.4, -0.2) is 14.8 Å². The minimum atomic E-state index is -0.146. The van der Waals surface area contributed by atoms with Crippen LogP contribution < -0.4 is 5.73 Å². The molecule has 0 saturated heterocycles. The number of aryl methyl sites for hydroxylation is 1. The van der Waals surface area contributed by atoms with Crippen molar-refractivity contribution in [2.24, 2.45) is 12.8 Å². The number of aromatic nitrogens is 3. The quantitative estimate of drug-likeness (QED) is 0.914. The lowest BCUT2D eigenvalue weighted by Gasteiger charge is -2.09. The van der Waals surface area contributed by atoms with Gasteiger partial charge in [0.15, 0.2) is 0 Å². The maximum absolute atomic E-state index is 6.17. The van der Waals surface area contributed by atoms with Crippen molar-refractivity contribution in [3.05, 3.63) is 35.9 Å². The monoisotopic (exact) mass is 254 g/mol. The van der Waals surface area contributed by atoms with Crippen molar-refractivity contribution in [3.8, 4) is 11.1 Å². The molecule has 2 N–H and O–H groups in total. The third-order valence-corrected chi connectivity index (χ3v) is 4.32. The maximum atomic E-state index is 6.17. The number of hydrogen-bond acceptors (Lipinski definition) is 3. The first kappa shape index (κ1) is 11.2. The number of nitrogens with two attached hydrogens (primary N) is 1. The molecule has 0 aliphatic heterocycles. The van der Waals surface area contributed by atoms with Gasteiger partial charge in [0, 0.05) is 36.0 Å². The summed E-state index contributed by atoms with van der Waals surface area (Å²) in [6.07, 6.45) is 8.58. The van der Waals surface area contributed by atoms with Gasteiger partial charge in [-0.1, -0.05) is 6.07 Å². The van der Waals surface area contributed by atoms with Crippen LogP contribution in [0.25, 0.3) is 11.1 Å². The van der Waals surface area contributed by atoms with Gasteiger partial charge in [-0.3, -0.25) is 9.67 Å². The van der Waals surface area contributed by atoms with Gasteiger partial charge in [-0.2, -0.15) is 5.10 Å². The largest absolute Gasteiger partial charge is 0.320 e. The molecular weight excluding hydrogens is 236 g/mol. The number of hydrogen-bond donors (Lipinski definition) is 1. The minimum Gasteiger partial charge on any atom is -0.320 e. The summed E-state index contributed by atoms with van der Waals surface area (Å²) in [7, 11) is 2.03. The van der Waals surface area contributed by atoms with Crippen molar-refractivity contribution in [2.45, 2.75) is 37.1 Å². The Balaban J connectivity index is 1.72. The smallest absolute Gasteiger partial charge is 0.0602 e. The summed E-state index contributed by atoms with van der Waals surface area (Å²) in [4.78, 5) is 4.56. The molecule has 0 amide bonds. The highest BCUT2D eigenvalue weighted by molar-refractivity contribution is 5.66. The van der Waals surface area contributed by atoms with Crippen LogP contribution in [0.2, 0.25) is 0 Å². The lowest BCUT2D eigenvalue weighted by atomic mass is 10.0. The second-order valence-electron chi connectivity index (χ2n) is 5.93. The summed E-state index contributed by atoms with van der Waals surface area (Å²) in [5.74, 6) is 0.687. The maximum Gasteiger partial charge on any atom is 0.0602 e. The third kappa shape index (κ3) is 1.78. The van der Waals surface area contributed by atoms with E-state index in [-0.39, 0.29) is 5.54 Å². The number of pyridine rings is 1. The minimum absolute atomic E-state index is 0.146. The molecule has 2 fully saturated rings. The van der Waals surface area contributed by atoms with Crippen LogP contribution in [0.1, 0.15) is 43.0 Å². The Kier molecular flexibility index (Phi) is 2.16. The summed E-state index contributed by atoms with van der Waals surface area (Å²) >= 11 is 0. The molecule has 0 radical (unpaired) electrons. The van der Waals surface area contributed by atoms with Gasteiger partial charge < -0.3 is 5.73 Å². The predicted molar refractivity (Wildman–Crippen MR) is 73.5 cm³/mol. The summed E-state index contributed by atoms with van der Waals surface area (Å²) < 4.78 is 2.01. The highest BCUT2D eigenvalue weighted by atomic mass is 15.3. The average Bonchev–Trinajstić information content (AvgIpc) is 3.33. The normalized spacial score (nSPS) is 20.5. The first-order chi connectivity index (χ1) is 9.17. The fourth-order valence-electron chi connectivity index (χ4n) is 2.75. The molecule has 0 atom stereocenters. The predicted octanol–water partition coefficient (Wildman–Crippen LogP) is 2.31. The Hall–Kier alpha value is -1.68. The highest BCUT2D eigenvalue weighted by Gasteiger charge is 2.41. The van der Waals surface area contributed by atoms with Crippen molar-refractivity contribution in [1.29, 1.82) is 0 Å². The molecule has 2 saturated carbocycles. The van der Waals surface area contributed by atoms with Crippen LogP contribution in [0.15, 0.2) is 24.5 Å². The molecule has 0 spiro atoms. The molecule has 4 rings (SSSR count). The molecule has 2 aliphatic carbocycles. The van der Waals surface area contributed by atoms with Crippen LogP contribution in [0, 0.1) is 0 Å². The van der Waals surface area contributed by atoms with Crippen LogP contribution in [0.3, 0.4) is 0 Å². The van der Waals surface area contributed by atoms with E-state index in [2.05, 4.69) is 22.2 Å². The van der Waals surface area contributed by atoms with Gasteiger partial charge >= 0.3 is 0 Å². The topological polar surface area (TPSA) is 56.7 Å². The summed E-state index contributed by atoms with van der Waals surface area (Å²) in [6, 6.07) is 4.21. The second-order valence-corrected chi connectivity index (χ2v) is 5.93. The van der Waals surface area contributed by atoms with Gasteiger partial charge in [-0.15, -0.1) is 0 Å². The van der Waals surface area contributed by atoms with E-state index in [0.29, 0.717) is 5.92 Å². The van der Waals surface area contributed by atoms with Crippen molar-refractivity contribution in [2.75, 3.05) is 0 Å². The standard InChI is InChI=1S/C15H18N4/c1-19-14(10-2-3-10)12(9-18-19)11-4-5-13(17-8-11)15(16)6-7-15/h4-5,8-10H,2-3,6-7,16H2,1H3. The van der Waals surface area contributed by atoms with E-state index in [4.69, 9.17) is 5.73 Å². The molecule has 98 valence electrons. The van der Waals surface area contributed by atoms with Gasteiger partial charge in [0.2, 0.25) is 0 Å². The molecule has 2 aliphatic rings. The molecule has 0 unspecified atom stereocenters. The Morgan fingerprint density at radius 2 is 2.05 bits per heavy atom. The van der Waals surface area contributed by atoms with Crippen molar-refractivity contribution in [1.82, 2.24) is 14.8 Å². The first-order valence-corrected chi connectivity index (χ1v) is 6.95. The summed E-state index contributed by atoms with van der Waals surface area (Å²) in [6.45, 7) is 0. The molecule has 2 aromatic heterocycles. The molecule has 4 heteroatoms.